The molecule has 6 heteroatoms. The summed E-state index contributed by atoms with van der Waals surface area (Å²) in [4.78, 5) is 22.6. The summed E-state index contributed by atoms with van der Waals surface area (Å²) in [6.07, 6.45) is 5.32. The van der Waals surface area contributed by atoms with Crippen LogP contribution in [0.15, 0.2) is 42.6 Å². The van der Waals surface area contributed by atoms with Crippen molar-refractivity contribution in [2.75, 3.05) is 26.0 Å². The van der Waals surface area contributed by atoms with Crippen molar-refractivity contribution >= 4 is 39.2 Å². The zero-order valence-corrected chi connectivity index (χ0v) is 18.8. The minimum Gasteiger partial charge on any atom is -0.368 e. The summed E-state index contributed by atoms with van der Waals surface area (Å²) in [6.45, 7) is 6.68. The van der Waals surface area contributed by atoms with E-state index >= 15 is 0 Å². The number of nitrogens with zero attached hydrogens (tertiary/aromatic N) is 3. The smallest absolute Gasteiger partial charge is 0.246 e. The van der Waals surface area contributed by atoms with E-state index in [1.807, 2.05) is 19.3 Å². The highest BCUT2D eigenvalue weighted by Crippen LogP contribution is 2.31. The summed E-state index contributed by atoms with van der Waals surface area (Å²) < 4.78 is 1.27. The Labute approximate surface area is 182 Å². The predicted molar refractivity (Wildman–Crippen MR) is 126 cm³/mol. The average Bonchev–Trinajstić information content (AvgIpc) is 2.98. The zero-order chi connectivity index (χ0) is 21.3. The maximum absolute atomic E-state index is 12.7. The number of carbonyl (C=O) groups is 1. The van der Waals surface area contributed by atoms with Gasteiger partial charge in [0.2, 0.25) is 5.91 Å². The quantitative estimate of drug-likeness (QED) is 0.631. The number of anilines is 1. The van der Waals surface area contributed by atoms with Crippen molar-refractivity contribution < 1.29 is 4.79 Å². The second-order valence-electron chi connectivity index (χ2n) is 8.10. The molecule has 1 N–H and O–H groups in total. The molecule has 2 aromatic heterocycles. The number of rotatable bonds is 4. The lowest BCUT2D eigenvalue weighted by Gasteiger charge is -2.20. The fourth-order valence-electron chi connectivity index (χ4n) is 3.69. The monoisotopic (exact) mass is 420 g/mol. The number of aryl methyl sites for hydroxylation is 1. The molecular formula is C24H28N4OS. The van der Waals surface area contributed by atoms with Crippen molar-refractivity contribution in [2.24, 2.45) is 0 Å². The summed E-state index contributed by atoms with van der Waals surface area (Å²) >= 11 is 1.76. The normalized spacial score (nSPS) is 17.0. The second-order valence-corrected chi connectivity index (χ2v) is 9.23. The Kier molecular flexibility index (Phi) is 5.88. The molecule has 30 heavy (non-hydrogen) atoms. The fourth-order valence-corrected chi connectivity index (χ4v) is 4.95. The first kappa shape index (κ1) is 20.6. The van der Waals surface area contributed by atoms with Gasteiger partial charge in [-0.25, -0.2) is 4.98 Å². The van der Waals surface area contributed by atoms with Gasteiger partial charge >= 0.3 is 0 Å². The summed E-state index contributed by atoms with van der Waals surface area (Å²) in [7, 11) is 3.98. The average molecular weight is 421 g/mol. The van der Waals surface area contributed by atoms with Gasteiger partial charge in [-0.3, -0.25) is 9.69 Å². The molecule has 0 radical (unpaired) electrons. The summed E-state index contributed by atoms with van der Waals surface area (Å²) in [6, 6.07) is 11.0. The van der Waals surface area contributed by atoms with Gasteiger partial charge in [0, 0.05) is 53.6 Å². The molecule has 1 atom stereocenters. The van der Waals surface area contributed by atoms with Crippen LogP contribution in [0.3, 0.4) is 0 Å². The number of carbonyl (C=O) groups excluding carboxylic acids is 1. The van der Waals surface area contributed by atoms with E-state index in [0.29, 0.717) is 12.6 Å². The van der Waals surface area contributed by atoms with E-state index in [9.17, 15) is 4.79 Å². The first-order valence-electron chi connectivity index (χ1n) is 10.3. The van der Waals surface area contributed by atoms with Crippen LogP contribution in [0, 0.1) is 6.92 Å². The van der Waals surface area contributed by atoms with Crippen LogP contribution in [0.2, 0.25) is 0 Å². The molecule has 0 aliphatic carbocycles. The number of likely N-dealkylation sites (N-methyl/N-ethyl adjacent to an activating group) is 2. The molecule has 4 rings (SSSR count). The highest BCUT2D eigenvalue weighted by Gasteiger charge is 2.18. The number of fused-ring (bicyclic) bond motifs is 2. The number of nitrogens with one attached hydrogen (secondary N) is 1. The molecule has 1 unspecified atom stereocenters. The number of pyridine rings is 1. The molecule has 1 aliphatic heterocycles. The molecule has 0 spiro atoms. The summed E-state index contributed by atoms with van der Waals surface area (Å²) in [5, 5.41) is 4.68. The fraction of sp³-hybridized carbons (Fsp3) is 0.333. The third-order valence-corrected chi connectivity index (χ3v) is 7.10. The van der Waals surface area contributed by atoms with Gasteiger partial charge in [0.1, 0.15) is 5.82 Å². The molecule has 156 valence electrons. The Bertz CT molecular complexity index is 1100. The highest BCUT2D eigenvalue weighted by molar-refractivity contribution is 7.19. The van der Waals surface area contributed by atoms with Gasteiger partial charge < -0.3 is 10.2 Å². The molecular weight excluding hydrogens is 392 g/mol. The van der Waals surface area contributed by atoms with Crippen molar-refractivity contribution in [3.05, 3.63) is 64.2 Å². The van der Waals surface area contributed by atoms with Crippen molar-refractivity contribution in [3.63, 3.8) is 0 Å². The van der Waals surface area contributed by atoms with E-state index < -0.39 is 0 Å². The Hall–Kier alpha value is -2.70. The molecule has 3 aromatic rings. The third kappa shape index (κ3) is 4.25. The first-order valence-corrected chi connectivity index (χ1v) is 11.1. The molecule has 3 heterocycles. The van der Waals surface area contributed by atoms with E-state index in [0.717, 1.165) is 30.0 Å². The van der Waals surface area contributed by atoms with Crippen LogP contribution < -0.4 is 5.32 Å². The van der Waals surface area contributed by atoms with Crippen LogP contribution in [0.5, 0.6) is 0 Å². The minimum absolute atomic E-state index is 0.00864. The standard InChI is InChI=1S/C24H28N4OS/c1-16-12-25-24-19(14-27(16)3)11-18(13-26-24)9-10-23(29)28(4)15-22-17(2)20-7-5-6-8-21(20)30-22/h5-11,13,16H,12,14-15H2,1-4H3,(H,25,26)/b10-9+. The van der Waals surface area contributed by atoms with E-state index in [-0.39, 0.29) is 5.91 Å². The maximum Gasteiger partial charge on any atom is 0.246 e. The van der Waals surface area contributed by atoms with Gasteiger partial charge in [-0.05, 0) is 55.6 Å². The maximum atomic E-state index is 12.7. The first-order chi connectivity index (χ1) is 14.4. The Morgan fingerprint density at radius 3 is 3.00 bits per heavy atom. The van der Waals surface area contributed by atoms with Gasteiger partial charge in [0.05, 0.1) is 6.54 Å². The molecule has 0 bridgehead atoms. The van der Waals surface area contributed by atoms with Crippen LogP contribution in [-0.4, -0.2) is 47.4 Å². The molecule has 1 aliphatic rings. The van der Waals surface area contributed by atoms with Crippen LogP contribution >= 0.6 is 11.3 Å². The number of hydrogen-bond donors (Lipinski definition) is 1. The predicted octanol–water partition coefficient (Wildman–Crippen LogP) is 4.52. The van der Waals surface area contributed by atoms with Gasteiger partial charge in [0.15, 0.2) is 0 Å². The van der Waals surface area contributed by atoms with Gasteiger partial charge in [0.25, 0.3) is 0 Å². The van der Waals surface area contributed by atoms with E-state index in [2.05, 4.69) is 66.4 Å². The lowest BCUT2D eigenvalue weighted by molar-refractivity contribution is -0.125. The van der Waals surface area contributed by atoms with Crippen LogP contribution in [0.1, 0.15) is 28.5 Å². The summed E-state index contributed by atoms with van der Waals surface area (Å²) in [5.41, 5.74) is 3.36. The Morgan fingerprint density at radius 2 is 2.20 bits per heavy atom. The van der Waals surface area contributed by atoms with E-state index in [4.69, 9.17) is 0 Å². The van der Waals surface area contributed by atoms with Gasteiger partial charge in [-0.15, -0.1) is 11.3 Å². The Morgan fingerprint density at radius 1 is 1.40 bits per heavy atom. The molecule has 1 amide bonds. The molecule has 0 fully saturated rings. The van der Waals surface area contributed by atoms with E-state index in [1.165, 1.54) is 20.5 Å². The number of aromatic nitrogens is 1. The molecule has 0 saturated carbocycles. The highest BCUT2D eigenvalue weighted by atomic mass is 32.1. The third-order valence-electron chi connectivity index (χ3n) is 5.84. The summed E-state index contributed by atoms with van der Waals surface area (Å²) in [5.74, 6) is 0.928. The molecule has 1 aromatic carbocycles. The number of thiophene rings is 1. The van der Waals surface area contributed by atoms with Crippen molar-refractivity contribution in [2.45, 2.75) is 33.0 Å². The van der Waals surface area contributed by atoms with Crippen LogP contribution in [0.4, 0.5) is 5.82 Å². The SMILES string of the molecule is Cc1c(CN(C)C(=O)/C=C/c2cnc3c(c2)CN(C)C(C)CN3)sc2ccccc12. The van der Waals surface area contributed by atoms with Crippen molar-refractivity contribution in [3.8, 4) is 0 Å². The minimum atomic E-state index is -0.00864. The topological polar surface area (TPSA) is 48.5 Å². The van der Waals surface area contributed by atoms with Gasteiger partial charge in [-0.2, -0.15) is 0 Å². The van der Waals surface area contributed by atoms with Crippen LogP contribution in [-0.2, 0) is 17.9 Å². The van der Waals surface area contributed by atoms with Gasteiger partial charge in [-0.1, -0.05) is 18.2 Å². The van der Waals surface area contributed by atoms with Crippen LogP contribution in [0.25, 0.3) is 16.2 Å². The lowest BCUT2D eigenvalue weighted by atomic mass is 10.1. The second kappa shape index (κ2) is 8.58. The number of hydrogen-bond acceptors (Lipinski definition) is 5. The van der Waals surface area contributed by atoms with E-state index in [1.54, 1.807) is 22.3 Å². The lowest BCUT2D eigenvalue weighted by Crippen LogP contribution is -2.31. The largest absolute Gasteiger partial charge is 0.368 e. The van der Waals surface area contributed by atoms with Crippen molar-refractivity contribution in [1.82, 2.24) is 14.8 Å². The molecule has 5 nitrogen and oxygen atoms in total. The number of benzene rings is 1. The Balaban J connectivity index is 1.45. The molecule has 0 saturated heterocycles. The van der Waals surface area contributed by atoms with Crippen molar-refractivity contribution in [1.29, 1.82) is 0 Å². The zero-order valence-electron chi connectivity index (χ0n) is 18.0. The number of amides is 1.